The van der Waals surface area contributed by atoms with E-state index in [9.17, 15) is 15.0 Å². The van der Waals surface area contributed by atoms with Gasteiger partial charge in [-0.05, 0) is 41.7 Å². The van der Waals surface area contributed by atoms with Crippen molar-refractivity contribution in [1.82, 2.24) is 13.6 Å². The Balaban J connectivity index is 1.39. The molecule has 2 atom stereocenters. The lowest BCUT2D eigenvalue weighted by molar-refractivity contribution is 0.0762. The topological polar surface area (TPSA) is 129 Å². The van der Waals surface area contributed by atoms with E-state index in [1.54, 1.807) is 23.1 Å². The normalized spacial score (nSPS) is 17.8. The lowest BCUT2D eigenvalue weighted by atomic mass is 9.82. The maximum absolute atomic E-state index is 12.9. The number of amides is 1. The quantitative estimate of drug-likeness (QED) is 0.361. The number of aromatic nitrogens is 2. The fourth-order valence-electron chi connectivity index (χ4n) is 4.44. The molecule has 2 aromatic carbocycles. The highest BCUT2D eigenvalue weighted by molar-refractivity contribution is 6.99. The van der Waals surface area contributed by atoms with Gasteiger partial charge in [-0.25, -0.2) is 0 Å². The van der Waals surface area contributed by atoms with Gasteiger partial charge in [0.15, 0.2) is 28.9 Å². The van der Waals surface area contributed by atoms with Gasteiger partial charge < -0.3 is 35.2 Å². The van der Waals surface area contributed by atoms with Crippen molar-refractivity contribution in [2.24, 2.45) is 5.41 Å². The van der Waals surface area contributed by atoms with Crippen LogP contribution in [0.2, 0.25) is 0 Å². The number of hydrogen-bond donors (Lipinski definition) is 4. The minimum absolute atomic E-state index is 0.139. The lowest BCUT2D eigenvalue weighted by Crippen LogP contribution is -2.29. The van der Waals surface area contributed by atoms with Crippen LogP contribution in [0, 0.1) is 5.41 Å². The second-order valence-corrected chi connectivity index (χ2v) is 10.6. The number of anilines is 3. The van der Waals surface area contributed by atoms with E-state index >= 15 is 0 Å². The molecule has 3 heterocycles. The SMILES string of the molecule is CC(C)(C)[C@@H](Nc1nsnc1Nc1cccc(C(=O)N2CC[C@@H](O)C2)c1O)c1ccc2c(c1)OCO2. The van der Waals surface area contributed by atoms with Gasteiger partial charge in [-0.2, -0.15) is 8.75 Å². The Kier molecular flexibility index (Phi) is 6.35. The average Bonchev–Trinajstić information content (AvgIpc) is 3.58. The third-order valence-corrected chi connectivity index (χ3v) is 6.86. The summed E-state index contributed by atoms with van der Waals surface area (Å²) in [7, 11) is 0. The predicted octanol–water partition coefficient (Wildman–Crippen LogP) is 4.12. The number of para-hydroxylation sites is 1. The lowest BCUT2D eigenvalue weighted by Gasteiger charge is -2.32. The van der Waals surface area contributed by atoms with E-state index in [0.717, 1.165) is 23.0 Å². The van der Waals surface area contributed by atoms with E-state index < -0.39 is 6.10 Å². The van der Waals surface area contributed by atoms with Crippen LogP contribution in [-0.2, 0) is 0 Å². The highest BCUT2D eigenvalue weighted by Gasteiger charge is 2.31. The van der Waals surface area contributed by atoms with Gasteiger partial charge in [0.2, 0.25) is 6.79 Å². The summed E-state index contributed by atoms with van der Waals surface area (Å²) in [6.45, 7) is 7.29. The third-order valence-electron chi connectivity index (χ3n) is 6.34. The standard InChI is InChI=1S/C25H29N5O5S/c1-25(2,3)21(14-7-8-18-19(11-14)35-13-34-18)27-23-22(28-36-29-23)26-17-6-4-5-16(20(17)32)24(33)30-10-9-15(31)12-30/h4-8,11,15,21,31-32H,9-10,12-13H2,1-3H3,(H,26,28)(H,27,29)/t15-,21+/m1/s1. The molecular weight excluding hydrogens is 482 g/mol. The number of aliphatic hydroxyl groups excluding tert-OH is 1. The van der Waals surface area contributed by atoms with Crippen molar-refractivity contribution in [1.29, 1.82) is 0 Å². The summed E-state index contributed by atoms with van der Waals surface area (Å²) < 4.78 is 19.8. The van der Waals surface area contributed by atoms with Crippen LogP contribution in [0.5, 0.6) is 17.2 Å². The number of likely N-dealkylation sites (tertiary alicyclic amines) is 1. The smallest absolute Gasteiger partial charge is 0.257 e. The van der Waals surface area contributed by atoms with Crippen molar-refractivity contribution in [3.05, 3.63) is 47.5 Å². The van der Waals surface area contributed by atoms with Crippen molar-refractivity contribution < 1.29 is 24.5 Å². The Morgan fingerprint density at radius 2 is 1.94 bits per heavy atom. The van der Waals surface area contributed by atoms with Gasteiger partial charge in [-0.1, -0.05) is 32.9 Å². The van der Waals surface area contributed by atoms with Gasteiger partial charge in [-0.3, -0.25) is 4.79 Å². The molecule has 36 heavy (non-hydrogen) atoms. The van der Waals surface area contributed by atoms with E-state index in [2.05, 4.69) is 40.2 Å². The third kappa shape index (κ3) is 4.76. The highest BCUT2D eigenvalue weighted by Crippen LogP contribution is 2.42. The number of rotatable bonds is 6. The summed E-state index contributed by atoms with van der Waals surface area (Å²) in [6, 6.07) is 10.7. The van der Waals surface area contributed by atoms with Crippen LogP contribution in [0.4, 0.5) is 17.3 Å². The van der Waals surface area contributed by atoms with Gasteiger partial charge in [-0.15, -0.1) is 0 Å². The number of nitrogens with one attached hydrogen (secondary N) is 2. The molecule has 2 aliphatic rings. The maximum atomic E-state index is 12.9. The Morgan fingerprint density at radius 3 is 2.69 bits per heavy atom. The molecule has 1 amide bonds. The van der Waals surface area contributed by atoms with Gasteiger partial charge in [0.25, 0.3) is 5.91 Å². The summed E-state index contributed by atoms with van der Waals surface area (Å²) in [5, 5.41) is 27.3. The molecule has 0 aliphatic carbocycles. The summed E-state index contributed by atoms with van der Waals surface area (Å²) in [4.78, 5) is 14.4. The zero-order chi connectivity index (χ0) is 25.4. The van der Waals surface area contributed by atoms with Crippen molar-refractivity contribution in [2.75, 3.05) is 30.5 Å². The molecule has 0 spiro atoms. The molecule has 5 rings (SSSR count). The summed E-state index contributed by atoms with van der Waals surface area (Å²) >= 11 is 1.04. The van der Waals surface area contributed by atoms with Gasteiger partial charge in [0.05, 0.1) is 35.1 Å². The van der Waals surface area contributed by atoms with Crippen molar-refractivity contribution in [3.63, 3.8) is 0 Å². The Bertz CT molecular complexity index is 1270. The largest absolute Gasteiger partial charge is 0.505 e. The number of phenols is 1. The number of β-amino-alcohol motifs (C(OH)–C–C–N with tert-alkyl or cyclic N) is 1. The number of ether oxygens (including phenoxy) is 2. The van der Waals surface area contributed by atoms with Crippen molar-refractivity contribution >= 4 is 35.0 Å². The van der Waals surface area contributed by atoms with Crippen LogP contribution in [0.25, 0.3) is 0 Å². The number of carbonyl (C=O) groups is 1. The van der Waals surface area contributed by atoms with E-state index in [1.165, 1.54) is 0 Å². The van der Waals surface area contributed by atoms with Crippen LogP contribution >= 0.6 is 11.7 Å². The Hall–Kier alpha value is -3.57. The fraction of sp³-hybridized carbons (Fsp3) is 0.400. The van der Waals surface area contributed by atoms with Gasteiger partial charge >= 0.3 is 0 Å². The first kappa shape index (κ1) is 24.1. The number of fused-ring (bicyclic) bond motifs is 1. The van der Waals surface area contributed by atoms with Crippen LogP contribution < -0.4 is 20.1 Å². The van der Waals surface area contributed by atoms with Crippen LogP contribution in [0.15, 0.2) is 36.4 Å². The highest BCUT2D eigenvalue weighted by atomic mass is 32.1. The van der Waals surface area contributed by atoms with Crippen molar-refractivity contribution in [3.8, 4) is 17.2 Å². The minimum atomic E-state index is -0.535. The first-order chi connectivity index (χ1) is 17.2. The van der Waals surface area contributed by atoms with Gasteiger partial charge in [0.1, 0.15) is 0 Å². The van der Waals surface area contributed by atoms with E-state index in [4.69, 9.17) is 9.47 Å². The van der Waals surface area contributed by atoms with E-state index in [1.807, 2.05) is 18.2 Å². The van der Waals surface area contributed by atoms with E-state index in [-0.39, 0.29) is 42.0 Å². The molecule has 0 saturated carbocycles. The molecule has 11 heteroatoms. The summed E-state index contributed by atoms with van der Waals surface area (Å²) in [6.07, 6.45) is -0.00456. The number of aliphatic hydroxyl groups is 1. The molecule has 1 aromatic heterocycles. The first-order valence-electron chi connectivity index (χ1n) is 11.8. The molecule has 1 fully saturated rings. The molecule has 10 nitrogen and oxygen atoms in total. The minimum Gasteiger partial charge on any atom is -0.505 e. The summed E-state index contributed by atoms with van der Waals surface area (Å²) in [5.41, 5.74) is 1.32. The Labute approximate surface area is 213 Å². The van der Waals surface area contributed by atoms with Gasteiger partial charge in [0, 0.05) is 13.1 Å². The first-order valence-corrected chi connectivity index (χ1v) is 12.5. The number of carbonyl (C=O) groups excluding carboxylic acids is 1. The molecule has 4 N–H and O–H groups in total. The molecule has 0 bridgehead atoms. The predicted molar refractivity (Wildman–Crippen MR) is 136 cm³/mol. The zero-order valence-corrected chi connectivity index (χ0v) is 21.1. The van der Waals surface area contributed by atoms with Crippen molar-refractivity contribution in [2.45, 2.75) is 39.3 Å². The monoisotopic (exact) mass is 511 g/mol. The maximum Gasteiger partial charge on any atom is 0.257 e. The second-order valence-electron chi connectivity index (χ2n) is 10.0. The van der Waals surface area contributed by atoms with Crippen LogP contribution in [0.3, 0.4) is 0 Å². The zero-order valence-electron chi connectivity index (χ0n) is 20.3. The molecular formula is C25H29N5O5S. The average molecular weight is 512 g/mol. The van der Waals surface area contributed by atoms with Crippen LogP contribution in [-0.4, -0.2) is 55.8 Å². The van der Waals surface area contributed by atoms with Crippen LogP contribution in [0.1, 0.15) is 49.2 Å². The number of benzene rings is 2. The molecule has 1 saturated heterocycles. The molecule has 3 aromatic rings. The molecule has 190 valence electrons. The fourth-order valence-corrected chi connectivity index (χ4v) is 4.91. The number of phenolic OH excluding ortho intramolecular Hbond substituents is 1. The molecule has 0 radical (unpaired) electrons. The molecule has 2 aliphatic heterocycles. The number of aromatic hydroxyl groups is 1. The molecule has 0 unspecified atom stereocenters. The second kappa shape index (κ2) is 9.47. The Morgan fingerprint density at radius 1 is 1.17 bits per heavy atom. The number of hydrogen-bond acceptors (Lipinski definition) is 10. The number of nitrogens with zero attached hydrogens (tertiary/aromatic N) is 3. The summed E-state index contributed by atoms with van der Waals surface area (Å²) in [5.74, 6) is 1.89. The van der Waals surface area contributed by atoms with E-state index in [0.29, 0.717) is 36.0 Å².